The number of nitroso groups, excluding NO2 is 1. The van der Waals surface area contributed by atoms with Crippen LogP contribution in [0.25, 0.3) is 0 Å². The first kappa shape index (κ1) is 12.6. The van der Waals surface area contributed by atoms with Gasteiger partial charge in [-0.1, -0.05) is 0 Å². The van der Waals surface area contributed by atoms with Crippen molar-refractivity contribution in [3.63, 3.8) is 0 Å². The number of carbonyl (C=O) groups is 1. The summed E-state index contributed by atoms with van der Waals surface area (Å²) in [6.07, 6.45) is 0. The second-order valence-electron chi connectivity index (χ2n) is 3.31. The third-order valence-electron chi connectivity index (χ3n) is 2.08. The van der Waals surface area contributed by atoms with Gasteiger partial charge in [-0.25, -0.2) is 0 Å². The number of nitrogens with two attached hydrogens (primary N) is 1. The van der Waals surface area contributed by atoms with Gasteiger partial charge in [0, 0.05) is 7.05 Å². The van der Waals surface area contributed by atoms with Crippen LogP contribution >= 0.6 is 0 Å². The molecule has 9 nitrogen and oxygen atoms in total. The maximum atomic E-state index is 11.5. The van der Waals surface area contributed by atoms with Crippen molar-refractivity contribution in [2.24, 2.45) is 12.2 Å². The summed E-state index contributed by atoms with van der Waals surface area (Å²) in [6.45, 7) is 1.31. The van der Waals surface area contributed by atoms with Gasteiger partial charge in [0.25, 0.3) is 5.56 Å². The van der Waals surface area contributed by atoms with Crippen molar-refractivity contribution in [1.29, 1.82) is 0 Å². The molecule has 0 saturated heterocycles. The van der Waals surface area contributed by atoms with E-state index >= 15 is 0 Å². The molecule has 0 saturated carbocycles. The predicted molar refractivity (Wildman–Crippen MR) is 57.4 cm³/mol. The standard InChI is InChI=1S/C8H11N5O4/c1-3(7(15)16)10-8-11-5(9)4(12-17)6(14)13(8)2/h3H,9H2,1-2H3,(H,10,11)(H,15,16)/p-1/t3-/m0/s1. The summed E-state index contributed by atoms with van der Waals surface area (Å²) in [5.41, 5.74) is 4.05. The average molecular weight is 240 g/mol. The first-order valence-electron chi connectivity index (χ1n) is 4.55. The third-order valence-corrected chi connectivity index (χ3v) is 2.08. The molecule has 3 N–H and O–H groups in total. The van der Waals surface area contributed by atoms with Crippen LogP contribution in [0.4, 0.5) is 17.5 Å². The van der Waals surface area contributed by atoms with E-state index in [0.717, 1.165) is 4.57 Å². The summed E-state index contributed by atoms with van der Waals surface area (Å²) in [4.78, 5) is 36.1. The van der Waals surface area contributed by atoms with Crippen LogP contribution < -0.4 is 21.7 Å². The minimum absolute atomic E-state index is 0.0865. The lowest BCUT2D eigenvalue weighted by Crippen LogP contribution is -2.40. The molecule has 0 bridgehead atoms. The fourth-order valence-corrected chi connectivity index (χ4v) is 1.07. The molecule has 0 aromatic carbocycles. The molecule has 9 heteroatoms. The van der Waals surface area contributed by atoms with E-state index in [0.29, 0.717) is 0 Å². The monoisotopic (exact) mass is 240 g/mol. The summed E-state index contributed by atoms with van der Waals surface area (Å²) in [6, 6.07) is -1.07. The summed E-state index contributed by atoms with van der Waals surface area (Å²) < 4.78 is 0.937. The molecular weight excluding hydrogens is 230 g/mol. The Kier molecular flexibility index (Phi) is 3.41. The summed E-state index contributed by atoms with van der Waals surface area (Å²) in [7, 11) is 1.30. The first-order chi connectivity index (χ1) is 7.88. The van der Waals surface area contributed by atoms with E-state index < -0.39 is 23.3 Å². The molecule has 1 aromatic heterocycles. The SMILES string of the molecule is C[C@H](Nc1nc(N)c(N=O)c(=O)n1C)C(=O)[O-]. The number of hydrogen-bond acceptors (Lipinski definition) is 8. The second-order valence-corrected chi connectivity index (χ2v) is 3.31. The zero-order valence-electron chi connectivity index (χ0n) is 9.13. The van der Waals surface area contributed by atoms with Gasteiger partial charge in [-0.05, 0) is 12.1 Å². The number of nitrogens with zero attached hydrogens (tertiary/aromatic N) is 3. The molecule has 0 aliphatic carbocycles. The minimum atomic E-state index is -1.37. The molecule has 0 unspecified atom stereocenters. The number of nitrogen functional groups attached to an aromatic ring is 1. The van der Waals surface area contributed by atoms with Crippen molar-refractivity contribution < 1.29 is 9.90 Å². The van der Waals surface area contributed by atoms with Gasteiger partial charge >= 0.3 is 0 Å². The zero-order chi connectivity index (χ0) is 13.2. The van der Waals surface area contributed by atoms with Crippen LogP contribution in [0.5, 0.6) is 0 Å². The van der Waals surface area contributed by atoms with Crippen molar-refractivity contribution in [2.75, 3.05) is 11.1 Å². The highest BCUT2D eigenvalue weighted by Gasteiger charge is 2.14. The number of carbonyl (C=O) groups excluding carboxylic acids is 1. The van der Waals surface area contributed by atoms with Gasteiger partial charge in [-0.15, -0.1) is 4.91 Å². The normalized spacial score (nSPS) is 11.9. The summed E-state index contributed by atoms with van der Waals surface area (Å²) in [5.74, 6) is -1.82. The smallest absolute Gasteiger partial charge is 0.286 e. The summed E-state index contributed by atoms with van der Waals surface area (Å²) >= 11 is 0. The molecule has 1 aromatic rings. The largest absolute Gasteiger partial charge is 0.548 e. The Morgan fingerprint density at radius 2 is 2.24 bits per heavy atom. The van der Waals surface area contributed by atoms with Crippen LogP contribution in [-0.2, 0) is 11.8 Å². The zero-order valence-corrected chi connectivity index (χ0v) is 9.13. The maximum Gasteiger partial charge on any atom is 0.286 e. The van der Waals surface area contributed by atoms with Crippen LogP contribution in [0.3, 0.4) is 0 Å². The van der Waals surface area contributed by atoms with E-state index in [1.165, 1.54) is 14.0 Å². The quantitative estimate of drug-likeness (QED) is 0.597. The van der Waals surface area contributed by atoms with E-state index in [-0.39, 0.29) is 11.8 Å². The van der Waals surface area contributed by atoms with Gasteiger partial charge in [0.05, 0.1) is 12.0 Å². The fourth-order valence-electron chi connectivity index (χ4n) is 1.07. The number of anilines is 2. The van der Waals surface area contributed by atoms with Gasteiger partial charge in [0.1, 0.15) is 0 Å². The number of rotatable bonds is 4. The molecular formula is C8H10N5O4-. The number of carboxylic acids is 1. The Hall–Kier alpha value is -2.45. The Bertz CT molecular complexity index is 523. The van der Waals surface area contributed by atoms with Gasteiger partial charge in [0.2, 0.25) is 11.6 Å². The van der Waals surface area contributed by atoms with E-state index in [1.54, 1.807) is 0 Å². The lowest BCUT2D eigenvalue weighted by molar-refractivity contribution is -0.306. The Morgan fingerprint density at radius 3 is 2.71 bits per heavy atom. The lowest BCUT2D eigenvalue weighted by atomic mass is 10.3. The number of aliphatic carboxylic acids is 1. The third kappa shape index (κ3) is 2.38. The van der Waals surface area contributed by atoms with E-state index in [4.69, 9.17) is 5.73 Å². The Morgan fingerprint density at radius 1 is 1.65 bits per heavy atom. The Labute approximate surface area is 95.2 Å². The van der Waals surface area contributed by atoms with Crippen molar-refractivity contribution in [3.8, 4) is 0 Å². The van der Waals surface area contributed by atoms with Gasteiger partial charge in [0.15, 0.2) is 5.82 Å². The van der Waals surface area contributed by atoms with E-state index in [9.17, 15) is 19.6 Å². The highest BCUT2D eigenvalue weighted by atomic mass is 16.4. The van der Waals surface area contributed by atoms with Crippen LogP contribution in [0.2, 0.25) is 0 Å². The number of nitrogens with one attached hydrogen (secondary N) is 1. The highest BCUT2D eigenvalue weighted by Crippen LogP contribution is 2.15. The van der Waals surface area contributed by atoms with Crippen LogP contribution in [0.15, 0.2) is 9.97 Å². The van der Waals surface area contributed by atoms with Gasteiger partial charge in [-0.3, -0.25) is 9.36 Å². The Balaban J connectivity index is 3.24. The number of carboxylic acid groups (broad SMARTS) is 1. The highest BCUT2D eigenvalue weighted by molar-refractivity contribution is 5.74. The molecule has 0 radical (unpaired) electrons. The molecule has 0 fully saturated rings. The van der Waals surface area contributed by atoms with Gasteiger partial charge in [-0.2, -0.15) is 4.98 Å². The van der Waals surface area contributed by atoms with Crippen molar-refractivity contribution in [1.82, 2.24) is 9.55 Å². The molecule has 0 aliphatic heterocycles. The summed E-state index contributed by atoms with van der Waals surface area (Å²) in [5, 5.41) is 15.4. The minimum Gasteiger partial charge on any atom is -0.548 e. The molecule has 17 heavy (non-hydrogen) atoms. The van der Waals surface area contributed by atoms with Crippen LogP contribution in [0, 0.1) is 4.91 Å². The van der Waals surface area contributed by atoms with Crippen LogP contribution in [-0.4, -0.2) is 21.6 Å². The number of aromatic nitrogens is 2. The molecule has 0 amide bonds. The lowest BCUT2D eigenvalue weighted by Gasteiger charge is -2.17. The molecule has 1 rings (SSSR count). The molecule has 0 spiro atoms. The topological polar surface area (TPSA) is 142 Å². The maximum absolute atomic E-state index is 11.5. The van der Waals surface area contributed by atoms with Crippen molar-refractivity contribution >= 4 is 23.4 Å². The molecule has 0 aliphatic rings. The first-order valence-corrected chi connectivity index (χ1v) is 4.55. The van der Waals surface area contributed by atoms with E-state index in [1.807, 2.05) is 0 Å². The van der Waals surface area contributed by atoms with Crippen LogP contribution in [0.1, 0.15) is 6.92 Å². The number of hydrogen-bond donors (Lipinski definition) is 2. The van der Waals surface area contributed by atoms with Crippen molar-refractivity contribution in [2.45, 2.75) is 13.0 Å². The molecule has 1 atom stereocenters. The molecule has 1 heterocycles. The second kappa shape index (κ2) is 4.60. The molecule has 92 valence electrons. The van der Waals surface area contributed by atoms with Crippen molar-refractivity contribution in [3.05, 3.63) is 15.3 Å². The van der Waals surface area contributed by atoms with E-state index in [2.05, 4.69) is 15.5 Å². The average Bonchev–Trinajstić information content (AvgIpc) is 2.26. The fraction of sp³-hybridized carbons (Fsp3) is 0.375. The predicted octanol–water partition coefficient (Wildman–Crippen LogP) is -1.69. The van der Waals surface area contributed by atoms with Gasteiger partial charge < -0.3 is 21.0 Å².